The van der Waals surface area contributed by atoms with E-state index in [0.29, 0.717) is 22.0 Å². The van der Waals surface area contributed by atoms with Gasteiger partial charge < -0.3 is 15.4 Å². The number of amides is 1. The minimum absolute atomic E-state index is 0.00464. The third-order valence-corrected chi connectivity index (χ3v) is 5.59. The maximum Gasteiger partial charge on any atom is 0.256 e. The van der Waals surface area contributed by atoms with Crippen LogP contribution in [0.4, 0.5) is 11.4 Å². The topological polar surface area (TPSA) is 63.2 Å². The van der Waals surface area contributed by atoms with Gasteiger partial charge in [-0.05, 0) is 91.7 Å². The molecule has 6 heteroatoms. The maximum absolute atomic E-state index is 13.3. The van der Waals surface area contributed by atoms with E-state index < -0.39 is 0 Å². The molecular weight excluding hydrogens is 458 g/mol. The van der Waals surface area contributed by atoms with Crippen LogP contribution in [0.15, 0.2) is 91.1 Å². The molecule has 1 heterocycles. The van der Waals surface area contributed by atoms with Crippen LogP contribution in [-0.4, -0.2) is 23.5 Å². The van der Waals surface area contributed by atoms with Crippen LogP contribution in [0, 0.1) is 0 Å². The number of aromatic nitrogens is 1. The van der Waals surface area contributed by atoms with Crippen molar-refractivity contribution in [2.24, 2.45) is 0 Å². The molecule has 0 radical (unpaired) electrons. The number of halogens is 1. The molecule has 1 aromatic heterocycles. The van der Waals surface area contributed by atoms with E-state index in [1.165, 1.54) is 0 Å². The second kappa shape index (κ2) is 11.5. The van der Waals surface area contributed by atoms with Crippen LogP contribution in [0.2, 0.25) is 5.02 Å². The average molecular weight is 486 g/mol. The number of hydrogen-bond acceptors (Lipinski definition) is 4. The van der Waals surface area contributed by atoms with Crippen molar-refractivity contribution in [3.63, 3.8) is 0 Å². The molecule has 2 N–H and O–H groups in total. The van der Waals surface area contributed by atoms with Gasteiger partial charge in [0, 0.05) is 41.3 Å². The highest BCUT2D eigenvalue weighted by Gasteiger charge is 2.15. The van der Waals surface area contributed by atoms with Gasteiger partial charge in [0.15, 0.2) is 0 Å². The van der Waals surface area contributed by atoms with E-state index in [0.717, 1.165) is 35.5 Å². The first-order valence-electron chi connectivity index (χ1n) is 11.6. The lowest BCUT2D eigenvalue weighted by atomic mass is 9.98. The van der Waals surface area contributed by atoms with Crippen LogP contribution in [0.1, 0.15) is 29.9 Å². The predicted octanol–water partition coefficient (Wildman–Crippen LogP) is 7.10. The third kappa shape index (κ3) is 6.84. The van der Waals surface area contributed by atoms with Crippen molar-refractivity contribution in [1.82, 2.24) is 4.98 Å². The summed E-state index contributed by atoms with van der Waals surface area (Å²) in [6, 6.07) is 26.6. The first-order valence-corrected chi connectivity index (χ1v) is 12.0. The zero-order valence-electron chi connectivity index (χ0n) is 19.8. The number of carbonyl (C=O) groups is 1. The number of anilines is 2. The fourth-order valence-corrected chi connectivity index (χ4v) is 3.81. The maximum atomic E-state index is 13.3. The number of benzene rings is 3. The second-order valence-corrected chi connectivity index (χ2v) is 8.85. The van der Waals surface area contributed by atoms with Gasteiger partial charge in [-0.25, -0.2) is 0 Å². The van der Waals surface area contributed by atoms with Gasteiger partial charge in [-0.15, -0.1) is 0 Å². The van der Waals surface area contributed by atoms with E-state index >= 15 is 0 Å². The molecule has 4 aromatic rings. The standard InChI is InChI=1S/C29H28ClN3O2/c1-20(2)35-26-14-15-27(21-6-8-22(30)9-7-21)28(19-26)29(34)33-25-12-10-24(11-13-25)32-18-16-23-5-3-4-17-31-23/h3-15,17,19-20,32H,16,18H2,1-2H3,(H,33,34). The molecule has 5 nitrogen and oxygen atoms in total. The van der Waals surface area contributed by atoms with Gasteiger partial charge in [0.25, 0.3) is 5.91 Å². The quantitative estimate of drug-likeness (QED) is 0.265. The molecule has 35 heavy (non-hydrogen) atoms. The van der Waals surface area contributed by atoms with E-state index in [2.05, 4.69) is 15.6 Å². The lowest BCUT2D eigenvalue weighted by Gasteiger charge is -2.15. The van der Waals surface area contributed by atoms with Crippen LogP contribution < -0.4 is 15.4 Å². The fourth-order valence-electron chi connectivity index (χ4n) is 3.69. The molecule has 178 valence electrons. The third-order valence-electron chi connectivity index (χ3n) is 5.34. The van der Waals surface area contributed by atoms with Crippen molar-refractivity contribution in [1.29, 1.82) is 0 Å². The van der Waals surface area contributed by atoms with E-state index in [1.807, 2.05) is 92.7 Å². The molecule has 1 amide bonds. The summed E-state index contributed by atoms with van der Waals surface area (Å²) < 4.78 is 5.84. The molecule has 3 aromatic carbocycles. The highest BCUT2D eigenvalue weighted by atomic mass is 35.5. The van der Waals surface area contributed by atoms with Gasteiger partial charge in [-0.2, -0.15) is 0 Å². The lowest BCUT2D eigenvalue weighted by Crippen LogP contribution is -2.14. The average Bonchev–Trinajstić information content (AvgIpc) is 2.86. The van der Waals surface area contributed by atoms with Gasteiger partial charge in [-0.3, -0.25) is 9.78 Å². The monoisotopic (exact) mass is 485 g/mol. The van der Waals surface area contributed by atoms with Gasteiger partial charge in [0.2, 0.25) is 0 Å². The minimum Gasteiger partial charge on any atom is -0.491 e. The van der Waals surface area contributed by atoms with Crippen molar-refractivity contribution in [3.05, 3.63) is 107 Å². The summed E-state index contributed by atoms with van der Waals surface area (Å²) in [6.07, 6.45) is 2.64. The minimum atomic E-state index is -0.208. The normalized spacial score (nSPS) is 10.7. The van der Waals surface area contributed by atoms with E-state index in [-0.39, 0.29) is 12.0 Å². The van der Waals surface area contributed by atoms with Crippen molar-refractivity contribution >= 4 is 28.9 Å². The van der Waals surface area contributed by atoms with Gasteiger partial charge >= 0.3 is 0 Å². The van der Waals surface area contributed by atoms with Crippen molar-refractivity contribution in [3.8, 4) is 16.9 Å². The summed E-state index contributed by atoms with van der Waals surface area (Å²) in [6.45, 7) is 4.69. The van der Waals surface area contributed by atoms with E-state index in [4.69, 9.17) is 16.3 Å². The molecule has 0 aliphatic heterocycles. The van der Waals surface area contributed by atoms with Gasteiger partial charge in [0.1, 0.15) is 5.75 Å². The Labute approximate surface area is 211 Å². The van der Waals surface area contributed by atoms with Crippen molar-refractivity contribution in [2.75, 3.05) is 17.2 Å². The Hall–Kier alpha value is -3.83. The van der Waals surface area contributed by atoms with Crippen LogP contribution in [-0.2, 0) is 6.42 Å². The van der Waals surface area contributed by atoms with Gasteiger partial charge in [0.05, 0.1) is 11.7 Å². The first-order chi connectivity index (χ1) is 17.0. The second-order valence-electron chi connectivity index (χ2n) is 8.41. The van der Waals surface area contributed by atoms with Crippen LogP contribution in [0.3, 0.4) is 0 Å². The molecule has 0 aliphatic rings. The summed E-state index contributed by atoms with van der Waals surface area (Å²) in [4.78, 5) is 17.6. The fraction of sp³-hybridized carbons (Fsp3) is 0.172. The summed E-state index contributed by atoms with van der Waals surface area (Å²) in [5.41, 5.74) is 4.98. The van der Waals surface area contributed by atoms with Gasteiger partial charge in [-0.1, -0.05) is 29.8 Å². The summed E-state index contributed by atoms with van der Waals surface area (Å²) in [5, 5.41) is 7.04. The van der Waals surface area contributed by atoms with E-state index in [9.17, 15) is 4.79 Å². The zero-order chi connectivity index (χ0) is 24.6. The summed E-state index contributed by atoms with van der Waals surface area (Å²) in [5.74, 6) is 0.440. The summed E-state index contributed by atoms with van der Waals surface area (Å²) in [7, 11) is 0. The van der Waals surface area contributed by atoms with E-state index in [1.54, 1.807) is 12.3 Å². The SMILES string of the molecule is CC(C)Oc1ccc(-c2ccc(Cl)cc2)c(C(=O)Nc2ccc(NCCc3ccccn3)cc2)c1. The number of nitrogens with one attached hydrogen (secondary N) is 2. The predicted molar refractivity (Wildman–Crippen MR) is 143 cm³/mol. The Morgan fingerprint density at radius 1 is 0.943 bits per heavy atom. The molecule has 0 saturated heterocycles. The molecule has 0 bridgehead atoms. The number of pyridine rings is 1. The molecule has 4 rings (SSSR count). The van der Waals surface area contributed by atoms with Crippen LogP contribution >= 0.6 is 11.6 Å². The largest absolute Gasteiger partial charge is 0.491 e. The number of rotatable bonds is 9. The number of hydrogen-bond donors (Lipinski definition) is 2. The molecule has 0 spiro atoms. The number of nitrogens with zero attached hydrogens (tertiary/aromatic N) is 1. The summed E-state index contributed by atoms with van der Waals surface area (Å²) >= 11 is 6.06. The zero-order valence-corrected chi connectivity index (χ0v) is 20.5. The molecular formula is C29H28ClN3O2. The molecule has 0 fully saturated rings. The smallest absolute Gasteiger partial charge is 0.256 e. The molecule has 0 unspecified atom stereocenters. The molecule has 0 saturated carbocycles. The Morgan fingerprint density at radius 3 is 2.37 bits per heavy atom. The lowest BCUT2D eigenvalue weighted by molar-refractivity contribution is 0.102. The van der Waals surface area contributed by atoms with Crippen LogP contribution in [0.5, 0.6) is 5.75 Å². The highest BCUT2D eigenvalue weighted by Crippen LogP contribution is 2.30. The number of ether oxygens (including phenoxy) is 1. The molecule has 0 atom stereocenters. The Kier molecular flexibility index (Phi) is 8.01. The molecule has 0 aliphatic carbocycles. The Balaban J connectivity index is 1.47. The van der Waals surface area contributed by atoms with Crippen LogP contribution in [0.25, 0.3) is 11.1 Å². The number of carbonyl (C=O) groups excluding carboxylic acids is 1. The van der Waals surface area contributed by atoms with Crippen molar-refractivity contribution in [2.45, 2.75) is 26.4 Å². The first kappa shape index (κ1) is 24.3. The van der Waals surface area contributed by atoms with Crippen molar-refractivity contribution < 1.29 is 9.53 Å². The Morgan fingerprint density at radius 2 is 1.69 bits per heavy atom. The Bertz CT molecular complexity index is 1260. The highest BCUT2D eigenvalue weighted by molar-refractivity contribution is 6.30.